The number of aliphatic hydroxyl groups excluding tert-OH is 1. The van der Waals surface area contributed by atoms with Crippen molar-refractivity contribution in [3.05, 3.63) is 91.8 Å². The van der Waals surface area contributed by atoms with Crippen LogP contribution in [0.1, 0.15) is 48.2 Å². The Morgan fingerprint density at radius 2 is 1.85 bits per heavy atom. The Bertz CT molecular complexity index is 1750. The summed E-state index contributed by atoms with van der Waals surface area (Å²) in [6.45, 7) is 6.75. The summed E-state index contributed by atoms with van der Waals surface area (Å²) in [4.78, 5) is 50.4. The van der Waals surface area contributed by atoms with Crippen LogP contribution >= 0.6 is 27.5 Å². The monoisotopic (exact) mass is 903 g/mol. The Labute approximate surface area is 355 Å². The molecule has 4 amide bonds. The normalized spacial score (nSPS) is 15.6. The number of amides is 4. The van der Waals surface area contributed by atoms with Crippen molar-refractivity contribution < 1.29 is 66.4 Å². The van der Waals surface area contributed by atoms with Gasteiger partial charge >= 0.3 is 59.5 Å². The fourth-order valence-corrected chi connectivity index (χ4v) is 5.98. The Kier molecular flexibility index (Phi) is 23.3. The molecule has 0 radical (unpaired) electrons. The number of urea groups is 1. The first-order valence-electron chi connectivity index (χ1n) is 16.1. The number of nitrogens with one attached hydrogen (secondary N) is 2. The Hall–Kier alpha value is -3.25. The van der Waals surface area contributed by atoms with Gasteiger partial charge in [-0.15, -0.1) is 4.91 Å². The SMILES string of the molecule is CCN(N=O)C(N)=O.CCN1CCC[C@H]1CNC(=O)c1c(OC)ccc(Br)c1OC.O=C1Nc2ccc(Cl)cc2C(c2ccccc2)=NC1O.O=[As][O-].[Na+]. The topological polar surface area (TPSA) is 228 Å². The second-order valence-electron chi connectivity index (χ2n) is 10.9. The summed E-state index contributed by atoms with van der Waals surface area (Å²) >= 11 is 7.62. The first-order chi connectivity index (χ1) is 25.4. The summed E-state index contributed by atoms with van der Waals surface area (Å²) in [5.41, 5.74) is 7.70. The molecule has 0 spiro atoms. The van der Waals surface area contributed by atoms with Crippen molar-refractivity contribution in [1.29, 1.82) is 0 Å². The van der Waals surface area contributed by atoms with E-state index in [4.69, 9.17) is 28.9 Å². The van der Waals surface area contributed by atoms with E-state index in [-0.39, 0.29) is 42.0 Å². The van der Waals surface area contributed by atoms with Crippen LogP contribution in [0.25, 0.3) is 0 Å². The van der Waals surface area contributed by atoms with Crippen molar-refractivity contribution in [2.45, 2.75) is 39.0 Å². The maximum absolute atomic E-state index is 12.6. The van der Waals surface area contributed by atoms with Gasteiger partial charge in [0.05, 0.1) is 35.4 Å². The summed E-state index contributed by atoms with van der Waals surface area (Å²) in [6.07, 6.45) is 0.884. The van der Waals surface area contributed by atoms with Gasteiger partial charge in [-0.25, -0.2) is 9.79 Å². The number of ether oxygens (including phenoxy) is 2. The van der Waals surface area contributed by atoms with Gasteiger partial charge in [0.25, 0.3) is 11.8 Å². The van der Waals surface area contributed by atoms with Gasteiger partial charge < -0.3 is 30.9 Å². The minimum Gasteiger partial charge on any atom is 1.00 e. The number of primary amides is 1. The summed E-state index contributed by atoms with van der Waals surface area (Å²) in [7, 11) is 3.10. The number of anilines is 1. The molecular formula is C34H41AsBrClN7NaO9. The molecule has 1 unspecified atom stereocenters. The number of nitrogens with zero attached hydrogens (tertiary/aromatic N) is 4. The molecule has 2 aliphatic heterocycles. The molecule has 3 aromatic carbocycles. The fourth-order valence-electron chi connectivity index (χ4n) is 5.31. The predicted octanol–water partition coefficient (Wildman–Crippen LogP) is 0.512. The number of aliphatic hydroxyl groups is 1. The molecule has 286 valence electrons. The molecule has 0 aliphatic carbocycles. The number of fused-ring (bicyclic) bond motifs is 1. The zero-order chi connectivity index (χ0) is 39.5. The van der Waals surface area contributed by atoms with E-state index < -0.39 is 34.2 Å². The van der Waals surface area contributed by atoms with Gasteiger partial charge in [-0.2, -0.15) is 5.01 Å². The maximum atomic E-state index is 12.6. The van der Waals surface area contributed by atoms with Gasteiger partial charge in [0.2, 0.25) is 6.23 Å². The molecule has 0 saturated carbocycles. The predicted molar refractivity (Wildman–Crippen MR) is 202 cm³/mol. The maximum Gasteiger partial charge on any atom is 1.00 e. The molecule has 2 atom stereocenters. The van der Waals surface area contributed by atoms with Crippen molar-refractivity contribution >= 4 is 72.8 Å². The van der Waals surface area contributed by atoms with Crippen LogP contribution in [0, 0.1) is 4.91 Å². The van der Waals surface area contributed by atoms with E-state index in [1.54, 1.807) is 45.4 Å². The van der Waals surface area contributed by atoms with Crippen molar-refractivity contribution in [2.24, 2.45) is 16.0 Å². The summed E-state index contributed by atoms with van der Waals surface area (Å²) in [5.74, 6) is 0.282. The van der Waals surface area contributed by atoms with E-state index in [0.29, 0.717) is 56.6 Å². The number of benzene rings is 3. The first kappa shape index (κ1) is 48.8. The molecule has 3 aromatic rings. The number of hydrogen-bond acceptors (Lipinski definition) is 12. The number of nitrogens with two attached hydrogens (primary N) is 1. The van der Waals surface area contributed by atoms with Crippen LogP contribution in [0.5, 0.6) is 11.5 Å². The van der Waals surface area contributed by atoms with Crippen LogP contribution in [0.4, 0.5) is 10.5 Å². The van der Waals surface area contributed by atoms with Gasteiger partial charge in [0.1, 0.15) is 17.1 Å². The molecule has 2 aliphatic rings. The second-order valence-corrected chi connectivity index (χ2v) is 12.5. The van der Waals surface area contributed by atoms with Gasteiger partial charge in [0, 0.05) is 35.3 Å². The molecule has 0 aromatic heterocycles. The van der Waals surface area contributed by atoms with Gasteiger partial charge in [-0.3, -0.25) is 14.5 Å². The third kappa shape index (κ3) is 14.4. The summed E-state index contributed by atoms with van der Waals surface area (Å²) in [6, 6.07) is 17.6. The Morgan fingerprint density at radius 3 is 2.39 bits per heavy atom. The molecule has 54 heavy (non-hydrogen) atoms. The third-order valence-corrected chi connectivity index (χ3v) is 8.67. The average molecular weight is 905 g/mol. The first-order valence-corrected chi connectivity index (χ1v) is 18.8. The zero-order valence-electron chi connectivity index (χ0n) is 30.5. The summed E-state index contributed by atoms with van der Waals surface area (Å²) < 4.78 is 28.3. The third-order valence-electron chi connectivity index (χ3n) is 7.81. The molecule has 5 rings (SSSR count). The van der Waals surface area contributed by atoms with Crippen LogP contribution in [0.3, 0.4) is 0 Å². The Balaban J connectivity index is 0.000000420. The number of carbonyl (C=O) groups excluding carboxylic acids is 3. The molecule has 16 nitrogen and oxygen atoms in total. The molecule has 2 heterocycles. The van der Waals surface area contributed by atoms with Crippen molar-refractivity contribution in [1.82, 2.24) is 15.2 Å². The number of carbonyl (C=O) groups is 3. The van der Waals surface area contributed by atoms with E-state index in [2.05, 4.69) is 54.4 Å². The van der Waals surface area contributed by atoms with Crippen LogP contribution in [0.2, 0.25) is 5.02 Å². The number of halogens is 2. The van der Waals surface area contributed by atoms with Crippen molar-refractivity contribution in [3.63, 3.8) is 0 Å². The number of benzodiazepines with no additional fused rings is 1. The van der Waals surface area contributed by atoms with Crippen molar-refractivity contribution in [3.8, 4) is 11.5 Å². The number of hydrogen-bond donors (Lipinski definition) is 4. The van der Waals surface area contributed by atoms with E-state index >= 15 is 0 Å². The summed E-state index contributed by atoms with van der Waals surface area (Å²) in [5, 5.41) is 18.9. The van der Waals surface area contributed by atoms with Crippen LogP contribution in [-0.2, 0) is 8.53 Å². The molecule has 0 bridgehead atoms. The van der Waals surface area contributed by atoms with Crippen molar-refractivity contribution in [2.75, 3.05) is 45.7 Å². The zero-order valence-corrected chi connectivity index (χ0v) is 36.7. The number of likely N-dealkylation sites (tertiary alicyclic amines) is 1. The molecule has 20 heteroatoms. The van der Waals surface area contributed by atoms with Crippen LogP contribution < -0.4 is 59.5 Å². The molecule has 1 saturated heterocycles. The number of nitroso groups, excluding NO2 is 1. The minimum atomic E-state index is -1.81. The standard InChI is InChI=1S/C16H23BrN2O3.C15H11ClN2O2.C3H7N3O2.AsHO2.Na/c1-4-19-9-5-6-11(19)10-18-16(20)14-13(21-2)8-7-12(17)15(14)22-3;16-10-6-7-12-11(8-10)13(9-4-2-1-3-5-9)18-15(20)14(19)17-12;1-2-6(5-8)3(4)7;2-1-3;/h7-8,11H,4-6,9-10H2,1-3H3,(H,18,20);1-8,15,20H,(H,17,19);2H2,1H3,(H2,4,7);(H,2,3);/q;;;;+1/p-1/t11-;;;;/m0..../s1. The van der Waals surface area contributed by atoms with Gasteiger partial charge in [-0.05, 0) is 79.1 Å². The molecular weight excluding hydrogens is 864 g/mol. The van der Waals surface area contributed by atoms with Crippen LogP contribution in [-0.4, -0.2) is 107 Å². The second kappa shape index (κ2) is 25.8. The minimum absolute atomic E-state index is 0. The average Bonchev–Trinajstić information content (AvgIpc) is 3.58. The van der Waals surface area contributed by atoms with Gasteiger partial charge in [-0.1, -0.05) is 48.9 Å². The fraction of sp³-hybridized carbons (Fsp3) is 0.353. The van der Waals surface area contributed by atoms with Crippen LogP contribution in [0.15, 0.2) is 75.4 Å². The number of aliphatic imine (C=N–C) groups is 1. The molecule has 5 N–H and O–H groups in total. The largest absolute Gasteiger partial charge is 1.00 e. The van der Waals surface area contributed by atoms with E-state index in [0.717, 1.165) is 29.5 Å². The Morgan fingerprint density at radius 1 is 1.19 bits per heavy atom. The molecule has 1 fully saturated rings. The smallest absolute Gasteiger partial charge is 1.00 e. The van der Waals surface area contributed by atoms with E-state index in [1.807, 2.05) is 36.4 Å². The quantitative estimate of drug-likeness (QED) is 0.132. The number of methoxy groups -OCH3 is 2. The number of rotatable bonds is 9. The van der Waals surface area contributed by atoms with Gasteiger partial charge in [0.15, 0.2) is 0 Å². The van der Waals surface area contributed by atoms with E-state index in [1.165, 1.54) is 6.42 Å². The number of likely N-dealkylation sites (N-methyl/N-ethyl adjacent to an activating group) is 1. The van der Waals surface area contributed by atoms with E-state index in [9.17, 15) is 24.4 Å².